The molecule has 3 heteroatoms. The van der Waals surface area contributed by atoms with Crippen molar-refractivity contribution in [1.82, 2.24) is 5.32 Å². The molecule has 1 aromatic rings. The number of nitrogens with one attached hydrogen (secondary N) is 1. The van der Waals surface area contributed by atoms with E-state index in [-0.39, 0.29) is 12.1 Å². The summed E-state index contributed by atoms with van der Waals surface area (Å²) in [6.07, 6.45) is 0. The van der Waals surface area contributed by atoms with Gasteiger partial charge in [-0.2, -0.15) is 5.26 Å². The third-order valence-electron chi connectivity index (χ3n) is 2.44. The molecule has 0 aliphatic heterocycles. The van der Waals surface area contributed by atoms with E-state index in [9.17, 15) is 0 Å². The van der Waals surface area contributed by atoms with Crippen molar-refractivity contribution in [3.8, 4) is 11.8 Å². The van der Waals surface area contributed by atoms with Gasteiger partial charge in [0.05, 0.1) is 6.07 Å². The minimum absolute atomic E-state index is 0.269. The van der Waals surface area contributed by atoms with Gasteiger partial charge in [0, 0.05) is 6.04 Å². The normalized spacial score (nSPS) is 12.2. The fourth-order valence-corrected chi connectivity index (χ4v) is 1.56. The average Bonchev–Trinajstić information content (AvgIpc) is 2.28. The smallest absolute Gasteiger partial charge is 0.130 e. The number of aryl methyl sites for hydroxylation is 2. The predicted molar refractivity (Wildman–Crippen MR) is 69.1 cm³/mol. The van der Waals surface area contributed by atoms with Gasteiger partial charge in [0.2, 0.25) is 0 Å². The molecule has 0 aliphatic rings. The summed E-state index contributed by atoms with van der Waals surface area (Å²) in [7, 11) is 0. The number of rotatable bonds is 5. The number of benzene rings is 1. The van der Waals surface area contributed by atoms with Gasteiger partial charge in [-0.15, -0.1) is 0 Å². The quantitative estimate of drug-likeness (QED) is 0.848. The van der Waals surface area contributed by atoms with Crippen LogP contribution in [0.2, 0.25) is 0 Å². The molecule has 1 rings (SSSR count). The average molecular weight is 232 g/mol. The van der Waals surface area contributed by atoms with Gasteiger partial charge in [-0.05, 0) is 44.9 Å². The lowest BCUT2D eigenvalue weighted by Crippen LogP contribution is -2.38. The topological polar surface area (TPSA) is 45.0 Å². The maximum absolute atomic E-state index is 8.98. The third-order valence-corrected chi connectivity index (χ3v) is 2.44. The van der Waals surface area contributed by atoms with Gasteiger partial charge in [0.15, 0.2) is 0 Å². The molecule has 0 bridgehead atoms. The lowest BCUT2D eigenvalue weighted by Gasteiger charge is -2.16. The highest BCUT2D eigenvalue weighted by Crippen LogP contribution is 2.19. The molecule has 92 valence electrons. The fourth-order valence-electron chi connectivity index (χ4n) is 1.56. The molecule has 0 fully saturated rings. The van der Waals surface area contributed by atoms with E-state index in [0.717, 1.165) is 16.9 Å². The van der Waals surface area contributed by atoms with Crippen molar-refractivity contribution >= 4 is 0 Å². The molecule has 0 radical (unpaired) electrons. The Morgan fingerprint density at radius 2 is 2.06 bits per heavy atom. The number of nitriles is 1. The summed E-state index contributed by atoms with van der Waals surface area (Å²) in [6.45, 7) is 8.44. The van der Waals surface area contributed by atoms with Crippen molar-refractivity contribution in [3.05, 3.63) is 29.3 Å². The number of ether oxygens (including phenoxy) is 1. The van der Waals surface area contributed by atoms with Gasteiger partial charge >= 0.3 is 0 Å². The van der Waals surface area contributed by atoms with Crippen molar-refractivity contribution in [2.24, 2.45) is 0 Å². The summed E-state index contributed by atoms with van der Waals surface area (Å²) in [5.74, 6) is 0.857. The van der Waals surface area contributed by atoms with Crippen molar-refractivity contribution in [1.29, 1.82) is 5.26 Å². The van der Waals surface area contributed by atoms with E-state index in [1.165, 1.54) is 0 Å². The van der Waals surface area contributed by atoms with E-state index in [4.69, 9.17) is 10.00 Å². The molecule has 17 heavy (non-hydrogen) atoms. The van der Waals surface area contributed by atoms with Gasteiger partial charge in [0.25, 0.3) is 0 Å². The highest BCUT2D eigenvalue weighted by atomic mass is 16.5. The second-order valence-corrected chi connectivity index (χ2v) is 4.58. The van der Waals surface area contributed by atoms with Gasteiger partial charge in [-0.25, -0.2) is 0 Å². The Balaban J connectivity index is 2.60. The molecule has 0 aromatic heterocycles. The van der Waals surface area contributed by atoms with Crippen LogP contribution in [0.15, 0.2) is 18.2 Å². The number of nitrogens with zero attached hydrogens (tertiary/aromatic N) is 1. The minimum Gasteiger partial charge on any atom is -0.491 e. The maximum atomic E-state index is 8.98. The van der Waals surface area contributed by atoms with Gasteiger partial charge in [-0.1, -0.05) is 12.1 Å². The lowest BCUT2D eigenvalue weighted by atomic mass is 10.1. The molecule has 1 unspecified atom stereocenters. The number of hydrogen-bond donors (Lipinski definition) is 1. The zero-order valence-electron chi connectivity index (χ0n) is 10.9. The summed E-state index contributed by atoms with van der Waals surface area (Å²) >= 11 is 0. The van der Waals surface area contributed by atoms with Crippen LogP contribution >= 0.6 is 0 Å². The molecule has 1 aromatic carbocycles. The zero-order chi connectivity index (χ0) is 12.8. The van der Waals surface area contributed by atoms with Crippen LogP contribution in [0.25, 0.3) is 0 Å². The van der Waals surface area contributed by atoms with Crippen LogP contribution in [0, 0.1) is 25.2 Å². The Hall–Kier alpha value is -1.53. The van der Waals surface area contributed by atoms with Gasteiger partial charge in [0.1, 0.15) is 18.4 Å². The SMILES string of the molecule is Cc1ccc(C)c(OCC(C#N)NC(C)C)c1. The molecule has 0 aliphatic carbocycles. The first-order valence-corrected chi connectivity index (χ1v) is 5.88. The van der Waals surface area contributed by atoms with Crippen LogP contribution in [-0.4, -0.2) is 18.7 Å². The van der Waals surface area contributed by atoms with Crippen LogP contribution in [0.4, 0.5) is 0 Å². The van der Waals surface area contributed by atoms with E-state index in [1.54, 1.807) is 0 Å². The largest absolute Gasteiger partial charge is 0.491 e. The van der Waals surface area contributed by atoms with Crippen LogP contribution < -0.4 is 10.1 Å². The molecule has 0 heterocycles. The van der Waals surface area contributed by atoms with Crippen LogP contribution in [-0.2, 0) is 0 Å². The summed E-state index contributed by atoms with van der Waals surface area (Å²) in [5, 5.41) is 12.1. The molecular weight excluding hydrogens is 212 g/mol. The van der Waals surface area contributed by atoms with Crippen LogP contribution in [0.1, 0.15) is 25.0 Å². The van der Waals surface area contributed by atoms with E-state index in [1.807, 2.05) is 39.8 Å². The standard InChI is InChI=1S/C14H20N2O/c1-10(2)16-13(8-15)9-17-14-7-11(3)5-6-12(14)4/h5-7,10,13,16H,9H2,1-4H3. The zero-order valence-corrected chi connectivity index (χ0v) is 10.9. The number of hydrogen-bond acceptors (Lipinski definition) is 3. The van der Waals surface area contributed by atoms with E-state index >= 15 is 0 Å². The highest BCUT2D eigenvalue weighted by Gasteiger charge is 2.10. The van der Waals surface area contributed by atoms with E-state index in [2.05, 4.69) is 17.5 Å². The second kappa shape index (κ2) is 6.27. The predicted octanol–water partition coefficient (Wildman–Crippen LogP) is 2.57. The third kappa shape index (κ3) is 4.46. The second-order valence-electron chi connectivity index (χ2n) is 4.58. The monoisotopic (exact) mass is 232 g/mol. The van der Waals surface area contributed by atoms with Crippen LogP contribution in [0.5, 0.6) is 5.75 Å². The minimum atomic E-state index is -0.269. The summed E-state index contributed by atoms with van der Waals surface area (Å²) in [5.41, 5.74) is 2.26. The summed E-state index contributed by atoms with van der Waals surface area (Å²) < 4.78 is 5.69. The van der Waals surface area contributed by atoms with Crippen molar-refractivity contribution in [3.63, 3.8) is 0 Å². The van der Waals surface area contributed by atoms with Gasteiger partial charge in [-0.3, -0.25) is 5.32 Å². The Bertz CT molecular complexity index is 407. The Morgan fingerprint density at radius 3 is 2.65 bits per heavy atom. The molecule has 3 nitrogen and oxygen atoms in total. The molecule has 0 saturated heterocycles. The molecule has 1 N–H and O–H groups in total. The van der Waals surface area contributed by atoms with E-state index in [0.29, 0.717) is 6.61 Å². The maximum Gasteiger partial charge on any atom is 0.130 e. The van der Waals surface area contributed by atoms with Crippen LogP contribution in [0.3, 0.4) is 0 Å². The van der Waals surface area contributed by atoms with Crippen molar-refractivity contribution in [2.75, 3.05) is 6.61 Å². The highest BCUT2D eigenvalue weighted by molar-refractivity contribution is 5.36. The lowest BCUT2D eigenvalue weighted by molar-refractivity contribution is 0.280. The Morgan fingerprint density at radius 1 is 1.35 bits per heavy atom. The van der Waals surface area contributed by atoms with Crippen molar-refractivity contribution < 1.29 is 4.74 Å². The molecule has 0 saturated carbocycles. The van der Waals surface area contributed by atoms with Gasteiger partial charge < -0.3 is 4.74 Å². The molecule has 0 spiro atoms. The first-order valence-electron chi connectivity index (χ1n) is 5.88. The first-order chi connectivity index (χ1) is 8.02. The van der Waals surface area contributed by atoms with E-state index < -0.39 is 0 Å². The first kappa shape index (κ1) is 13.5. The summed E-state index contributed by atoms with van der Waals surface area (Å²) in [4.78, 5) is 0. The Kier molecular flexibility index (Phi) is 4.99. The fraction of sp³-hybridized carbons (Fsp3) is 0.500. The summed E-state index contributed by atoms with van der Waals surface area (Å²) in [6, 6.07) is 8.29. The molecule has 1 atom stereocenters. The molecular formula is C14H20N2O. The van der Waals surface area contributed by atoms with Crippen molar-refractivity contribution in [2.45, 2.75) is 39.8 Å². The Labute approximate surface area is 103 Å². The molecule has 0 amide bonds.